The zero-order chi connectivity index (χ0) is 24.7. The van der Waals surface area contributed by atoms with Crippen molar-refractivity contribution in [2.24, 2.45) is 5.92 Å². The maximum atomic E-state index is 12.0. The third-order valence-corrected chi connectivity index (χ3v) is 7.17. The molecule has 1 fully saturated rings. The second-order valence-corrected chi connectivity index (χ2v) is 9.27. The van der Waals surface area contributed by atoms with Gasteiger partial charge in [-0.2, -0.15) is 5.26 Å². The molecule has 0 saturated carbocycles. The average Bonchev–Trinajstić information content (AvgIpc) is 2.93. The van der Waals surface area contributed by atoms with Gasteiger partial charge in [0.1, 0.15) is 5.60 Å². The fourth-order valence-corrected chi connectivity index (χ4v) is 5.17. The van der Waals surface area contributed by atoms with Crippen LogP contribution in [0.25, 0.3) is 0 Å². The van der Waals surface area contributed by atoms with E-state index in [9.17, 15) is 15.0 Å². The lowest BCUT2D eigenvalue weighted by Crippen LogP contribution is -2.44. The van der Waals surface area contributed by atoms with E-state index in [4.69, 9.17) is 5.26 Å². The van der Waals surface area contributed by atoms with Crippen LogP contribution in [0.1, 0.15) is 58.8 Å². The number of carbonyl (C=O) groups is 1. The number of hydrogen-bond acceptors (Lipinski definition) is 6. The van der Waals surface area contributed by atoms with Crippen LogP contribution in [0.5, 0.6) is 0 Å². The summed E-state index contributed by atoms with van der Waals surface area (Å²) >= 11 is 0. The van der Waals surface area contributed by atoms with Gasteiger partial charge in [0.15, 0.2) is 0 Å². The Bertz CT molecular complexity index is 1020. The minimum absolute atomic E-state index is 0.123. The van der Waals surface area contributed by atoms with Gasteiger partial charge in [0.05, 0.1) is 11.7 Å². The number of aliphatic hydroxyl groups excluding tert-OH is 1. The third kappa shape index (κ3) is 5.80. The second-order valence-electron chi connectivity index (χ2n) is 9.27. The zero-order valence-electron chi connectivity index (χ0n) is 19.8. The number of hydrogen-bond donors (Lipinski definition) is 3. The van der Waals surface area contributed by atoms with Crippen LogP contribution in [0.15, 0.2) is 84.9 Å². The monoisotopic (exact) mass is 475 g/mol. The van der Waals surface area contributed by atoms with E-state index >= 15 is 0 Å². The molecule has 0 bridgehead atoms. The molecule has 6 heteroatoms. The van der Waals surface area contributed by atoms with Gasteiger partial charge in [-0.3, -0.25) is 4.89 Å². The maximum Gasteiger partial charge on any atom is 0.372 e. The highest BCUT2D eigenvalue weighted by Gasteiger charge is 2.41. The number of likely N-dealkylation sites (tertiary alicyclic amines) is 1. The number of benzene rings is 3. The van der Waals surface area contributed by atoms with E-state index in [-0.39, 0.29) is 11.5 Å². The lowest BCUT2D eigenvalue weighted by Gasteiger charge is -2.42. The van der Waals surface area contributed by atoms with Crippen LogP contribution in [0, 0.1) is 5.92 Å². The lowest BCUT2D eigenvalue weighted by atomic mass is 9.72. The SMILES string of the molecule is O=C(OO)c1ccc(C(O)CCCN2CCC(C(O)(c3ccccc3)c3ccccc3)CC2)cc1. The van der Waals surface area contributed by atoms with Gasteiger partial charge in [-0.15, -0.1) is 0 Å². The molecule has 1 aliphatic rings. The molecule has 1 saturated heterocycles. The first-order valence-electron chi connectivity index (χ1n) is 12.2. The predicted molar refractivity (Wildman–Crippen MR) is 134 cm³/mol. The van der Waals surface area contributed by atoms with Crippen LogP contribution in [0.2, 0.25) is 0 Å². The molecule has 1 atom stereocenters. The Morgan fingerprint density at radius 1 is 0.914 bits per heavy atom. The summed E-state index contributed by atoms with van der Waals surface area (Å²) in [4.78, 5) is 17.5. The Morgan fingerprint density at radius 3 is 1.97 bits per heavy atom. The number of piperidine rings is 1. The van der Waals surface area contributed by atoms with E-state index in [2.05, 4.69) is 9.79 Å². The molecule has 1 heterocycles. The summed E-state index contributed by atoms with van der Waals surface area (Å²) in [7, 11) is 0. The molecule has 0 aromatic heterocycles. The minimum atomic E-state index is -1.01. The standard InChI is InChI=1S/C29H33NO5/c31-27(22-13-15-23(16-14-22)28(32)35-34)12-7-19-30-20-17-26(18-21-30)29(33,24-8-3-1-4-9-24)25-10-5-2-6-11-25/h1-6,8-11,13-16,26-27,31,33-34H,7,12,17-21H2. The van der Waals surface area contributed by atoms with Crippen molar-refractivity contribution in [1.29, 1.82) is 0 Å². The van der Waals surface area contributed by atoms with Crippen LogP contribution in [0.4, 0.5) is 0 Å². The first-order chi connectivity index (χ1) is 17.0. The van der Waals surface area contributed by atoms with E-state index < -0.39 is 17.7 Å². The molecule has 3 aromatic carbocycles. The number of aliphatic hydroxyl groups is 2. The van der Waals surface area contributed by atoms with Gasteiger partial charge >= 0.3 is 5.97 Å². The molecule has 3 N–H and O–H groups in total. The summed E-state index contributed by atoms with van der Waals surface area (Å²) in [5, 5.41) is 31.0. The third-order valence-electron chi connectivity index (χ3n) is 7.17. The molecule has 35 heavy (non-hydrogen) atoms. The highest BCUT2D eigenvalue weighted by atomic mass is 17.1. The average molecular weight is 476 g/mol. The zero-order valence-corrected chi connectivity index (χ0v) is 19.8. The highest BCUT2D eigenvalue weighted by molar-refractivity contribution is 5.88. The van der Waals surface area contributed by atoms with Crippen molar-refractivity contribution in [2.75, 3.05) is 19.6 Å². The molecule has 0 spiro atoms. The summed E-state index contributed by atoms with van der Waals surface area (Å²) in [6, 6.07) is 26.3. The Hall–Kier alpha value is -3.03. The minimum Gasteiger partial charge on any atom is -0.388 e. The van der Waals surface area contributed by atoms with E-state index in [1.165, 1.54) is 12.1 Å². The molecular weight excluding hydrogens is 442 g/mol. The molecule has 0 amide bonds. The molecule has 6 nitrogen and oxygen atoms in total. The van der Waals surface area contributed by atoms with Crippen molar-refractivity contribution >= 4 is 5.97 Å². The van der Waals surface area contributed by atoms with E-state index in [0.29, 0.717) is 6.42 Å². The van der Waals surface area contributed by atoms with Crippen molar-refractivity contribution in [2.45, 2.75) is 37.4 Å². The largest absolute Gasteiger partial charge is 0.388 e. The van der Waals surface area contributed by atoms with E-state index in [1.807, 2.05) is 60.7 Å². The van der Waals surface area contributed by atoms with Gasteiger partial charge in [0, 0.05) is 0 Å². The van der Waals surface area contributed by atoms with Crippen molar-refractivity contribution in [1.82, 2.24) is 4.90 Å². The normalized spacial score (nSPS) is 16.1. The van der Waals surface area contributed by atoms with Gasteiger partial charge < -0.3 is 15.1 Å². The Morgan fingerprint density at radius 2 is 1.46 bits per heavy atom. The van der Waals surface area contributed by atoms with Crippen LogP contribution in [0.3, 0.4) is 0 Å². The number of nitrogens with zero attached hydrogens (tertiary/aromatic N) is 1. The summed E-state index contributed by atoms with van der Waals surface area (Å²) in [6.07, 6.45) is 2.62. The Balaban J connectivity index is 1.31. The van der Waals surface area contributed by atoms with Gasteiger partial charge in [0.2, 0.25) is 0 Å². The molecule has 184 valence electrons. The Labute approximate surface area is 206 Å². The molecule has 1 aliphatic heterocycles. The number of carbonyl (C=O) groups excluding carboxylic acids is 1. The molecule has 0 radical (unpaired) electrons. The summed E-state index contributed by atoms with van der Waals surface area (Å²) in [6.45, 7) is 2.69. The molecule has 0 aliphatic carbocycles. The number of rotatable bonds is 9. The molecule has 3 aromatic rings. The van der Waals surface area contributed by atoms with Crippen LogP contribution < -0.4 is 0 Å². The van der Waals surface area contributed by atoms with Crippen molar-refractivity contribution < 1.29 is 25.2 Å². The predicted octanol–water partition coefficient (Wildman–Crippen LogP) is 4.78. The molecule has 1 unspecified atom stereocenters. The van der Waals surface area contributed by atoms with Crippen molar-refractivity contribution in [3.63, 3.8) is 0 Å². The van der Waals surface area contributed by atoms with Crippen LogP contribution in [-0.2, 0) is 10.5 Å². The summed E-state index contributed by atoms with van der Waals surface area (Å²) < 4.78 is 0. The fraction of sp³-hybridized carbons (Fsp3) is 0.345. The van der Waals surface area contributed by atoms with Crippen molar-refractivity contribution in [3.8, 4) is 0 Å². The van der Waals surface area contributed by atoms with Crippen molar-refractivity contribution in [3.05, 3.63) is 107 Å². The molecular formula is C29H33NO5. The van der Waals surface area contributed by atoms with Gasteiger partial charge in [-0.25, -0.2) is 4.79 Å². The smallest absolute Gasteiger partial charge is 0.372 e. The molecule has 4 rings (SSSR count). The van der Waals surface area contributed by atoms with Gasteiger partial charge in [-0.05, 0) is 80.1 Å². The van der Waals surface area contributed by atoms with Crippen LogP contribution >= 0.6 is 0 Å². The van der Waals surface area contributed by atoms with Gasteiger partial charge in [-0.1, -0.05) is 72.8 Å². The first-order valence-corrected chi connectivity index (χ1v) is 12.2. The summed E-state index contributed by atoms with van der Waals surface area (Å²) in [5.41, 5.74) is 1.82. The van der Waals surface area contributed by atoms with Gasteiger partial charge in [0.25, 0.3) is 0 Å². The van der Waals surface area contributed by atoms with E-state index in [1.54, 1.807) is 12.1 Å². The quantitative estimate of drug-likeness (QED) is 0.305. The maximum absolute atomic E-state index is 12.0. The second kappa shape index (κ2) is 11.6. The topological polar surface area (TPSA) is 90.2 Å². The first kappa shape index (κ1) is 25.1. The summed E-state index contributed by atoms with van der Waals surface area (Å²) in [5.74, 6) is -0.695. The Kier molecular flexibility index (Phi) is 8.31. The lowest BCUT2D eigenvalue weighted by molar-refractivity contribution is -0.182. The highest BCUT2D eigenvalue weighted by Crippen LogP contribution is 2.41. The van der Waals surface area contributed by atoms with Crippen LogP contribution in [-0.4, -0.2) is 46.0 Å². The fourth-order valence-electron chi connectivity index (χ4n) is 5.17. The van der Waals surface area contributed by atoms with E-state index in [0.717, 1.165) is 55.6 Å².